The van der Waals surface area contributed by atoms with Gasteiger partial charge in [-0.2, -0.15) is 5.26 Å². The van der Waals surface area contributed by atoms with Gasteiger partial charge in [-0.15, -0.1) is 0 Å². The number of benzene rings is 2. The summed E-state index contributed by atoms with van der Waals surface area (Å²) in [5, 5.41) is 8.82. The van der Waals surface area contributed by atoms with Gasteiger partial charge in [-0.25, -0.2) is 16.8 Å². The first-order valence-electron chi connectivity index (χ1n) is 7.15. The highest BCUT2D eigenvalue weighted by atomic mass is 32.2. The molecule has 0 atom stereocenters. The lowest BCUT2D eigenvalue weighted by Crippen LogP contribution is -2.13. The van der Waals surface area contributed by atoms with Crippen molar-refractivity contribution in [1.82, 2.24) is 3.97 Å². The number of halogens is 1. The van der Waals surface area contributed by atoms with Crippen molar-refractivity contribution in [3.63, 3.8) is 0 Å². The topological polar surface area (TPSA) is 79.9 Å². The van der Waals surface area contributed by atoms with Crippen LogP contribution in [-0.2, 0) is 10.0 Å². The Morgan fingerprint density at radius 3 is 2.24 bits per heavy atom. The van der Waals surface area contributed by atoms with E-state index in [-0.39, 0.29) is 16.2 Å². The molecule has 0 radical (unpaired) electrons. The highest BCUT2D eigenvalue weighted by Gasteiger charge is 2.22. The number of nitrogens with zero attached hydrogens (tertiary/aromatic N) is 2. The van der Waals surface area contributed by atoms with Crippen molar-refractivity contribution in [3.8, 4) is 17.3 Å². The average molecular weight is 354 g/mol. The van der Waals surface area contributed by atoms with Crippen molar-refractivity contribution in [2.24, 2.45) is 0 Å². The molecule has 0 unspecified atom stereocenters. The van der Waals surface area contributed by atoms with E-state index in [9.17, 15) is 17.6 Å². The lowest BCUT2D eigenvalue weighted by Gasteiger charge is -2.10. The molecule has 3 rings (SSSR count). The average Bonchev–Trinajstić information content (AvgIpc) is 3.08. The summed E-state index contributed by atoms with van der Waals surface area (Å²) in [6.07, 6.45) is 1.75. The Labute approximate surface area is 143 Å². The Bertz CT molecular complexity index is 1080. The summed E-state index contributed by atoms with van der Waals surface area (Å²) in [5.74, 6) is -0.451. The highest BCUT2D eigenvalue weighted by molar-refractivity contribution is 7.90. The van der Waals surface area contributed by atoms with E-state index in [2.05, 4.69) is 0 Å². The second-order valence-electron chi connectivity index (χ2n) is 5.22. The minimum absolute atomic E-state index is 0.0251. The number of aldehydes is 1. The fourth-order valence-electron chi connectivity index (χ4n) is 2.37. The van der Waals surface area contributed by atoms with E-state index in [1.165, 1.54) is 60.8 Å². The summed E-state index contributed by atoms with van der Waals surface area (Å²) in [6.45, 7) is 0. The van der Waals surface area contributed by atoms with Crippen LogP contribution in [0.3, 0.4) is 0 Å². The number of rotatable bonds is 4. The molecule has 1 aromatic heterocycles. The molecule has 0 bridgehead atoms. The molecule has 3 aromatic rings. The maximum atomic E-state index is 13.1. The SMILES string of the molecule is N#Cc1ccc(S(=O)(=O)n2cc(C=O)cc2-c2ccc(F)cc2)cc1. The van der Waals surface area contributed by atoms with Crippen LogP contribution in [-0.4, -0.2) is 18.7 Å². The van der Waals surface area contributed by atoms with Gasteiger partial charge in [0.25, 0.3) is 10.0 Å². The Kier molecular flexibility index (Phi) is 4.21. The number of nitriles is 1. The molecule has 25 heavy (non-hydrogen) atoms. The Balaban J connectivity index is 2.18. The number of carbonyl (C=O) groups excluding carboxylic acids is 1. The molecule has 1 heterocycles. The van der Waals surface area contributed by atoms with E-state index in [1.807, 2.05) is 6.07 Å². The quantitative estimate of drug-likeness (QED) is 0.674. The number of hydrogen-bond acceptors (Lipinski definition) is 4. The van der Waals surface area contributed by atoms with E-state index in [0.29, 0.717) is 17.4 Å². The number of aromatic nitrogens is 1. The van der Waals surface area contributed by atoms with Crippen molar-refractivity contribution in [2.75, 3.05) is 0 Å². The van der Waals surface area contributed by atoms with Gasteiger partial charge in [0.15, 0.2) is 6.29 Å². The number of hydrogen-bond donors (Lipinski definition) is 0. The van der Waals surface area contributed by atoms with Crippen LogP contribution >= 0.6 is 0 Å². The molecular formula is C18H11FN2O3S. The molecule has 2 aromatic carbocycles. The predicted octanol–water partition coefficient (Wildman–Crippen LogP) is 3.22. The molecular weight excluding hydrogens is 343 g/mol. The van der Waals surface area contributed by atoms with Crippen molar-refractivity contribution in [1.29, 1.82) is 5.26 Å². The van der Waals surface area contributed by atoms with Crippen molar-refractivity contribution in [2.45, 2.75) is 4.90 Å². The monoisotopic (exact) mass is 354 g/mol. The zero-order valence-electron chi connectivity index (χ0n) is 12.8. The highest BCUT2D eigenvalue weighted by Crippen LogP contribution is 2.27. The maximum absolute atomic E-state index is 13.1. The van der Waals surface area contributed by atoms with Crippen LogP contribution in [0.15, 0.2) is 65.7 Å². The largest absolute Gasteiger partial charge is 0.298 e. The molecule has 0 saturated heterocycles. The molecule has 0 spiro atoms. The second kappa shape index (κ2) is 6.34. The molecule has 0 fully saturated rings. The molecule has 0 saturated carbocycles. The summed E-state index contributed by atoms with van der Waals surface area (Å²) in [6, 6.07) is 14.1. The van der Waals surface area contributed by atoms with Gasteiger partial charge < -0.3 is 0 Å². The first kappa shape index (κ1) is 16.6. The summed E-state index contributed by atoms with van der Waals surface area (Å²) in [4.78, 5) is 11.1. The minimum Gasteiger partial charge on any atom is -0.298 e. The molecule has 0 N–H and O–H groups in total. The maximum Gasteiger partial charge on any atom is 0.268 e. The van der Waals surface area contributed by atoms with Gasteiger partial charge in [-0.05, 0) is 60.2 Å². The summed E-state index contributed by atoms with van der Waals surface area (Å²) in [5.41, 5.74) is 1.20. The van der Waals surface area contributed by atoms with Gasteiger partial charge in [-0.3, -0.25) is 4.79 Å². The first-order valence-corrected chi connectivity index (χ1v) is 8.59. The van der Waals surface area contributed by atoms with Crippen LogP contribution in [0.5, 0.6) is 0 Å². The van der Waals surface area contributed by atoms with Crippen molar-refractivity contribution in [3.05, 3.63) is 77.7 Å². The molecule has 0 aliphatic rings. The van der Waals surface area contributed by atoms with Crippen molar-refractivity contribution >= 4 is 16.3 Å². The summed E-state index contributed by atoms with van der Waals surface area (Å²) >= 11 is 0. The fourth-order valence-corrected chi connectivity index (χ4v) is 3.76. The third-order valence-corrected chi connectivity index (χ3v) is 5.31. The van der Waals surface area contributed by atoms with E-state index in [1.54, 1.807) is 0 Å². The van der Waals surface area contributed by atoms with Crippen LogP contribution in [0.25, 0.3) is 11.3 Å². The number of carbonyl (C=O) groups is 1. The summed E-state index contributed by atoms with van der Waals surface area (Å²) in [7, 11) is -3.99. The van der Waals surface area contributed by atoms with Crippen LogP contribution in [0, 0.1) is 17.1 Å². The van der Waals surface area contributed by atoms with Gasteiger partial charge >= 0.3 is 0 Å². The van der Waals surface area contributed by atoms with Crippen LogP contribution in [0.4, 0.5) is 4.39 Å². The van der Waals surface area contributed by atoms with Gasteiger partial charge in [0.05, 0.1) is 22.2 Å². The van der Waals surface area contributed by atoms with Gasteiger partial charge in [0, 0.05) is 11.8 Å². The van der Waals surface area contributed by atoms with Gasteiger partial charge in [-0.1, -0.05) is 0 Å². The molecule has 5 nitrogen and oxygen atoms in total. The molecule has 0 amide bonds. The second-order valence-corrected chi connectivity index (χ2v) is 7.04. The zero-order valence-corrected chi connectivity index (χ0v) is 13.6. The first-order chi connectivity index (χ1) is 12.0. The Morgan fingerprint density at radius 1 is 1.04 bits per heavy atom. The van der Waals surface area contributed by atoms with E-state index in [4.69, 9.17) is 5.26 Å². The fraction of sp³-hybridized carbons (Fsp3) is 0. The lowest BCUT2D eigenvalue weighted by molar-refractivity contribution is 0.112. The van der Waals surface area contributed by atoms with Gasteiger partial charge in [0.2, 0.25) is 0 Å². The Hall–Kier alpha value is -3.24. The van der Waals surface area contributed by atoms with E-state index >= 15 is 0 Å². The minimum atomic E-state index is -3.99. The smallest absolute Gasteiger partial charge is 0.268 e. The van der Waals surface area contributed by atoms with Crippen LogP contribution in [0.2, 0.25) is 0 Å². The third-order valence-electron chi connectivity index (χ3n) is 3.62. The zero-order chi connectivity index (χ0) is 18.0. The molecule has 7 heteroatoms. The van der Waals surface area contributed by atoms with E-state index in [0.717, 1.165) is 3.97 Å². The van der Waals surface area contributed by atoms with Crippen LogP contribution < -0.4 is 0 Å². The van der Waals surface area contributed by atoms with Gasteiger partial charge in [0.1, 0.15) is 5.82 Å². The Morgan fingerprint density at radius 2 is 1.68 bits per heavy atom. The molecule has 0 aliphatic heterocycles. The lowest BCUT2D eigenvalue weighted by atomic mass is 10.1. The molecule has 124 valence electrons. The summed E-state index contributed by atoms with van der Waals surface area (Å²) < 4.78 is 39.9. The standard InChI is InChI=1S/C18H11FN2O3S/c19-16-5-3-15(4-6-16)18-9-14(12-22)11-21(18)25(23,24)17-7-1-13(10-20)2-8-17/h1-9,11-12H. The third kappa shape index (κ3) is 3.07. The molecule has 0 aliphatic carbocycles. The van der Waals surface area contributed by atoms with E-state index < -0.39 is 15.8 Å². The van der Waals surface area contributed by atoms with Crippen molar-refractivity contribution < 1.29 is 17.6 Å². The predicted molar refractivity (Wildman–Crippen MR) is 89.0 cm³/mol. The normalized spacial score (nSPS) is 11.0. The van der Waals surface area contributed by atoms with Crippen LogP contribution in [0.1, 0.15) is 15.9 Å².